The number of unbranched alkanes of at least 4 members (excludes halogenated alkanes) is 1. The van der Waals surface area contributed by atoms with Gasteiger partial charge in [0.25, 0.3) is 0 Å². The Kier molecular flexibility index (Phi) is 3.02. The Morgan fingerprint density at radius 2 is 2.20 bits per heavy atom. The quantitative estimate of drug-likeness (QED) is 0.528. The maximum atomic E-state index is 6.34. The highest BCUT2D eigenvalue weighted by molar-refractivity contribution is 6.15. The number of hydrogen-bond donors (Lipinski definition) is 0. The fraction of sp³-hybridized carbons (Fsp3) is 1.00. The summed E-state index contributed by atoms with van der Waals surface area (Å²) in [6.45, 7) is 8.16. The van der Waals surface area contributed by atoms with Crippen molar-refractivity contribution in [3.63, 3.8) is 0 Å². The van der Waals surface area contributed by atoms with Crippen LogP contribution < -0.4 is 0 Å². The van der Waals surface area contributed by atoms with E-state index < -0.39 is 0 Å². The van der Waals surface area contributed by atoms with E-state index in [0.29, 0.717) is 10.6 Å². The fourth-order valence-electron chi connectivity index (χ4n) is 3.90. The van der Waals surface area contributed by atoms with Gasteiger partial charge in [-0.05, 0) is 42.9 Å². The molecule has 2 bridgehead atoms. The number of ether oxygens (including phenoxy) is 1. The molecule has 0 N–H and O–H groups in total. The normalized spacial score (nSPS) is 49.0. The van der Waals surface area contributed by atoms with Crippen LogP contribution in [0.15, 0.2) is 0 Å². The second-order valence-electron chi connectivity index (χ2n) is 6.16. The van der Waals surface area contributed by atoms with Crippen LogP contribution in [-0.4, -0.2) is 22.1 Å². The molecular weight excluding hydrogens is 200 g/mol. The zero-order valence-electron chi connectivity index (χ0n) is 10.8. The van der Waals surface area contributed by atoms with Gasteiger partial charge in [-0.3, -0.25) is 0 Å². The third-order valence-corrected chi connectivity index (χ3v) is 7.86. The Bertz CT molecular complexity index is 243. The third kappa shape index (κ3) is 1.61. The van der Waals surface area contributed by atoms with Crippen LogP contribution in [0.4, 0.5) is 0 Å². The number of hydrogen-bond acceptors (Lipinski definition) is 1. The summed E-state index contributed by atoms with van der Waals surface area (Å²) < 4.78 is 6.34. The lowest BCUT2D eigenvalue weighted by atomic mass is 9.78. The van der Waals surface area contributed by atoms with Gasteiger partial charge in [-0.2, -0.15) is 0 Å². The second-order valence-corrected chi connectivity index (χ2v) is 7.65. The molecule has 0 aromatic carbocycles. The maximum Gasteiger partial charge on any atom is 0.0565 e. The molecule has 2 heteroatoms. The first-order valence-electron chi connectivity index (χ1n) is 6.67. The minimum atomic E-state index is 0.297. The van der Waals surface area contributed by atoms with E-state index in [-0.39, 0.29) is 0 Å². The molecule has 2 rings (SSSR count). The Morgan fingerprint density at radius 3 is 2.73 bits per heavy atom. The molecule has 0 amide bonds. The zero-order valence-corrected chi connectivity index (χ0v) is 12.8. The highest BCUT2D eigenvalue weighted by atomic mass is 28.1. The average molecular weight is 226 g/mol. The number of rotatable bonds is 4. The molecule has 0 spiro atoms. The van der Waals surface area contributed by atoms with Crippen molar-refractivity contribution in [1.29, 1.82) is 0 Å². The third-order valence-electron chi connectivity index (χ3n) is 5.45. The zero-order chi connectivity index (χ0) is 11.1. The van der Waals surface area contributed by atoms with Crippen molar-refractivity contribution < 1.29 is 4.74 Å². The lowest BCUT2D eigenvalue weighted by Crippen LogP contribution is -2.51. The minimum absolute atomic E-state index is 0.297. The van der Waals surface area contributed by atoms with E-state index in [4.69, 9.17) is 4.74 Å². The Labute approximate surface area is 97.4 Å². The van der Waals surface area contributed by atoms with Crippen molar-refractivity contribution >= 4 is 10.2 Å². The highest BCUT2D eigenvalue weighted by Crippen LogP contribution is 2.62. The van der Waals surface area contributed by atoms with Gasteiger partial charge in [0.2, 0.25) is 0 Å². The van der Waals surface area contributed by atoms with E-state index in [9.17, 15) is 0 Å². The first-order chi connectivity index (χ1) is 7.03. The van der Waals surface area contributed by atoms with E-state index in [2.05, 4.69) is 20.8 Å². The Balaban J connectivity index is 2.06. The first kappa shape index (κ1) is 11.7. The summed E-state index contributed by atoms with van der Waals surface area (Å²) in [6, 6.07) is 0. The minimum Gasteiger partial charge on any atom is -0.379 e. The van der Waals surface area contributed by atoms with Crippen LogP contribution in [0.2, 0.25) is 0 Å². The Hall–Kier alpha value is 0.177. The van der Waals surface area contributed by atoms with Crippen LogP contribution in [0, 0.1) is 17.3 Å². The van der Waals surface area contributed by atoms with Gasteiger partial charge in [-0.1, -0.05) is 27.2 Å². The van der Waals surface area contributed by atoms with Gasteiger partial charge in [0, 0.05) is 16.8 Å². The van der Waals surface area contributed by atoms with Crippen LogP contribution in [0.3, 0.4) is 0 Å². The van der Waals surface area contributed by atoms with E-state index in [0.717, 1.165) is 18.4 Å². The molecule has 4 atom stereocenters. The largest absolute Gasteiger partial charge is 0.379 e. The molecule has 2 saturated carbocycles. The molecule has 88 valence electrons. The van der Waals surface area contributed by atoms with Crippen molar-refractivity contribution in [3.05, 3.63) is 0 Å². The van der Waals surface area contributed by atoms with Gasteiger partial charge in [0.05, 0.1) is 5.22 Å². The van der Waals surface area contributed by atoms with E-state index in [1.807, 2.05) is 0 Å². The van der Waals surface area contributed by atoms with Gasteiger partial charge < -0.3 is 4.74 Å². The molecule has 2 aliphatic carbocycles. The molecule has 0 aliphatic heterocycles. The van der Waals surface area contributed by atoms with Crippen LogP contribution in [0.1, 0.15) is 52.9 Å². The monoisotopic (exact) mass is 226 g/mol. The summed E-state index contributed by atoms with van der Waals surface area (Å²) in [6.07, 6.45) is 6.80. The molecule has 0 aromatic heterocycles. The van der Waals surface area contributed by atoms with Crippen LogP contribution >= 0.6 is 0 Å². The van der Waals surface area contributed by atoms with Crippen LogP contribution in [0.5, 0.6) is 0 Å². The summed E-state index contributed by atoms with van der Waals surface area (Å²) >= 11 is 0. The summed E-state index contributed by atoms with van der Waals surface area (Å²) in [7, 11) is 1.21. The SMILES string of the molecule is CCCCOC1([SiH3])C(C)C2CCC1(C)C2. The first-order valence-corrected chi connectivity index (χ1v) is 7.67. The summed E-state index contributed by atoms with van der Waals surface area (Å²) in [4.78, 5) is 0. The standard InChI is InChI=1S/C13H26OSi/c1-4-5-8-14-13(15)10(2)11-6-7-12(13,3)9-11/h10-11H,4-9H2,1-3,15H3. The van der Waals surface area contributed by atoms with E-state index in [1.54, 1.807) is 0 Å². The van der Waals surface area contributed by atoms with Gasteiger partial charge in [-0.25, -0.2) is 0 Å². The van der Waals surface area contributed by atoms with Gasteiger partial charge >= 0.3 is 0 Å². The fourth-order valence-corrected chi connectivity index (χ4v) is 5.03. The average Bonchev–Trinajstić information content (AvgIpc) is 2.67. The van der Waals surface area contributed by atoms with Crippen LogP contribution in [0.25, 0.3) is 0 Å². The van der Waals surface area contributed by atoms with Crippen LogP contribution in [-0.2, 0) is 4.74 Å². The van der Waals surface area contributed by atoms with Crippen molar-refractivity contribution in [2.24, 2.45) is 17.3 Å². The molecule has 0 radical (unpaired) electrons. The topological polar surface area (TPSA) is 9.23 Å². The smallest absolute Gasteiger partial charge is 0.0565 e. The summed E-state index contributed by atoms with van der Waals surface area (Å²) in [5.74, 6) is 1.79. The van der Waals surface area contributed by atoms with Gasteiger partial charge in [0.1, 0.15) is 0 Å². The van der Waals surface area contributed by atoms with Gasteiger partial charge in [0.15, 0.2) is 0 Å². The predicted molar refractivity (Wildman–Crippen MR) is 68.1 cm³/mol. The maximum absolute atomic E-state index is 6.34. The molecule has 2 aliphatic rings. The second kappa shape index (κ2) is 3.88. The lowest BCUT2D eigenvalue weighted by molar-refractivity contribution is -0.0873. The molecule has 2 fully saturated rings. The molecule has 1 nitrogen and oxygen atoms in total. The predicted octanol–water partition coefficient (Wildman–Crippen LogP) is 2.32. The van der Waals surface area contributed by atoms with Gasteiger partial charge in [-0.15, -0.1) is 0 Å². The highest BCUT2D eigenvalue weighted by Gasteiger charge is 2.61. The van der Waals surface area contributed by atoms with E-state index >= 15 is 0 Å². The summed E-state index contributed by atoms with van der Waals surface area (Å²) in [5, 5.41) is 0.297. The molecule has 0 aromatic rings. The van der Waals surface area contributed by atoms with E-state index in [1.165, 1.54) is 42.3 Å². The van der Waals surface area contributed by atoms with Crippen molar-refractivity contribution in [2.45, 2.75) is 58.1 Å². The molecule has 4 unspecified atom stereocenters. The van der Waals surface area contributed by atoms with Crippen molar-refractivity contribution in [1.82, 2.24) is 0 Å². The lowest BCUT2D eigenvalue weighted by Gasteiger charge is -2.46. The molecule has 15 heavy (non-hydrogen) atoms. The van der Waals surface area contributed by atoms with Crippen molar-refractivity contribution in [2.75, 3.05) is 6.61 Å². The number of fused-ring (bicyclic) bond motifs is 2. The Morgan fingerprint density at radius 1 is 1.47 bits per heavy atom. The van der Waals surface area contributed by atoms with Crippen molar-refractivity contribution in [3.8, 4) is 0 Å². The summed E-state index contributed by atoms with van der Waals surface area (Å²) in [5.41, 5.74) is 0.525. The molecule has 0 saturated heterocycles. The molecule has 0 heterocycles. The molecular formula is C13H26OSi.